The van der Waals surface area contributed by atoms with Crippen LogP contribution in [-0.2, 0) is 10.0 Å². The number of anilines is 1. The number of nitrogens with one attached hydrogen (secondary N) is 2. The number of nitrogen functional groups attached to an aromatic ring is 1. The summed E-state index contributed by atoms with van der Waals surface area (Å²) < 4.78 is 39.0. The van der Waals surface area contributed by atoms with Crippen LogP contribution < -0.4 is 15.8 Å². The minimum absolute atomic E-state index is 0.268. The minimum Gasteiger partial charge on any atom is -0.398 e. The van der Waals surface area contributed by atoms with Crippen molar-refractivity contribution in [1.29, 1.82) is 0 Å². The van der Waals surface area contributed by atoms with Crippen LogP contribution >= 0.6 is 0 Å². The Labute approximate surface area is 111 Å². The molecule has 2 amide bonds. The predicted octanol–water partition coefficient (Wildman–Crippen LogP) is 1.19. The van der Waals surface area contributed by atoms with Gasteiger partial charge in [0, 0.05) is 5.54 Å². The highest BCUT2D eigenvalue weighted by Crippen LogP contribution is 2.21. The monoisotopic (exact) mass is 289 g/mol. The van der Waals surface area contributed by atoms with Crippen LogP contribution in [0, 0.1) is 5.82 Å². The van der Waals surface area contributed by atoms with Crippen LogP contribution in [0.3, 0.4) is 0 Å². The predicted molar refractivity (Wildman–Crippen MR) is 69.4 cm³/mol. The van der Waals surface area contributed by atoms with Gasteiger partial charge in [0.1, 0.15) is 10.7 Å². The lowest BCUT2D eigenvalue weighted by atomic mass is 10.1. The van der Waals surface area contributed by atoms with Crippen LogP contribution in [0.2, 0.25) is 0 Å². The molecule has 19 heavy (non-hydrogen) atoms. The summed E-state index contributed by atoms with van der Waals surface area (Å²) in [7, 11) is -4.36. The third-order valence-corrected chi connectivity index (χ3v) is 3.40. The number of amides is 2. The number of halogens is 1. The lowest BCUT2D eigenvalue weighted by Gasteiger charge is -2.20. The Kier molecular flexibility index (Phi) is 4.04. The van der Waals surface area contributed by atoms with E-state index >= 15 is 0 Å². The Bertz CT molecular complexity index is 573. The van der Waals surface area contributed by atoms with Crippen molar-refractivity contribution in [3.63, 3.8) is 0 Å². The summed E-state index contributed by atoms with van der Waals surface area (Å²) >= 11 is 0. The van der Waals surface area contributed by atoms with E-state index in [1.165, 1.54) is 12.1 Å². The number of urea groups is 1. The van der Waals surface area contributed by atoms with E-state index in [4.69, 9.17) is 5.73 Å². The number of rotatable bonds is 2. The first-order chi connectivity index (χ1) is 8.53. The quantitative estimate of drug-likeness (QED) is 0.712. The van der Waals surface area contributed by atoms with Crippen LogP contribution in [0.5, 0.6) is 0 Å². The molecule has 0 aliphatic rings. The first-order valence-electron chi connectivity index (χ1n) is 5.42. The summed E-state index contributed by atoms with van der Waals surface area (Å²) in [5.74, 6) is -1.02. The van der Waals surface area contributed by atoms with Crippen LogP contribution in [0.1, 0.15) is 20.8 Å². The number of hydrogen-bond acceptors (Lipinski definition) is 4. The molecule has 0 radical (unpaired) electrons. The van der Waals surface area contributed by atoms with Crippen LogP contribution in [0.25, 0.3) is 0 Å². The molecule has 1 aromatic carbocycles. The molecule has 4 N–H and O–H groups in total. The third-order valence-electron chi connectivity index (χ3n) is 1.98. The van der Waals surface area contributed by atoms with Crippen molar-refractivity contribution < 1.29 is 17.6 Å². The second-order valence-electron chi connectivity index (χ2n) is 4.97. The van der Waals surface area contributed by atoms with Gasteiger partial charge in [-0.15, -0.1) is 0 Å². The molecular weight excluding hydrogens is 273 g/mol. The van der Waals surface area contributed by atoms with Gasteiger partial charge in [0.15, 0.2) is 0 Å². The lowest BCUT2D eigenvalue weighted by molar-refractivity contribution is 0.237. The maximum atomic E-state index is 13.5. The smallest absolute Gasteiger partial charge is 0.329 e. The zero-order valence-corrected chi connectivity index (χ0v) is 11.6. The average molecular weight is 289 g/mol. The number of hydrogen-bond donors (Lipinski definition) is 3. The maximum Gasteiger partial charge on any atom is 0.329 e. The summed E-state index contributed by atoms with van der Waals surface area (Å²) in [4.78, 5) is 10.8. The Hall–Kier alpha value is -1.83. The molecule has 0 aromatic heterocycles. The van der Waals surface area contributed by atoms with E-state index in [-0.39, 0.29) is 5.69 Å². The second kappa shape index (κ2) is 5.04. The SMILES string of the molecule is CC(C)(C)NC(=O)NS(=O)(=O)c1c(N)cccc1F. The Morgan fingerprint density at radius 2 is 1.89 bits per heavy atom. The number of sulfonamides is 1. The van der Waals surface area contributed by atoms with Gasteiger partial charge in [-0.2, -0.15) is 0 Å². The van der Waals surface area contributed by atoms with Crippen molar-refractivity contribution in [3.8, 4) is 0 Å². The Balaban J connectivity index is 3.03. The van der Waals surface area contributed by atoms with Crippen LogP contribution in [0.4, 0.5) is 14.9 Å². The first kappa shape index (κ1) is 15.2. The molecule has 0 fully saturated rings. The van der Waals surface area contributed by atoms with Crippen molar-refractivity contribution in [2.45, 2.75) is 31.2 Å². The van der Waals surface area contributed by atoms with Gasteiger partial charge in [0.05, 0.1) is 5.69 Å². The zero-order chi connectivity index (χ0) is 14.8. The summed E-state index contributed by atoms with van der Waals surface area (Å²) in [6, 6.07) is 2.51. The Morgan fingerprint density at radius 1 is 1.32 bits per heavy atom. The molecular formula is C11H16FN3O3S. The van der Waals surface area contributed by atoms with E-state index in [9.17, 15) is 17.6 Å². The lowest BCUT2D eigenvalue weighted by Crippen LogP contribution is -2.48. The van der Waals surface area contributed by atoms with Gasteiger partial charge in [-0.1, -0.05) is 6.07 Å². The molecule has 0 aliphatic carbocycles. The molecule has 6 nitrogen and oxygen atoms in total. The molecule has 106 valence electrons. The van der Waals surface area contributed by atoms with E-state index in [1.807, 2.05) is 0 Å². The summed E-state index contributed by atoms with van der Waals surface area (Å²) in [6.07, 6.45) is 0. The summed E-state index contributed by atoms with van der Waals surface area (Å²) in [5, 5.41) is 2.39. The molecule has 0 unspecified atom stereocenters. The first-order valence-corrected chi connectivity index (χ1v) is 6.90. The van der Waals surface area contributed by atoms with Crippen molar-refractivity contribution >= 4 is 21.7 Å². The number of nitrogens with two attached hydrogens (primary N) is 1. The average Bonchev–Trinajstić information content (AvgIpc) is 2.11. The third kappa shape index (κ3) is 4.09. The van der Waals surface area contributed by atoms with Gasteiger partial charge in [-0.05, 0) is 32.9 Å². The van der Waals surface area contributed by atoms with E-state index in [0.29, 0.717) is 0 Å². The van der Waals surface area contributed by atoms with Gasteiger partial charge in [0.25, 0.3) is 10.0 Å². The summed E-state index contributed by atoms with van der Waals surface area (Å²) in [6.45, 7) is 5.03. The van der Waals surface area contributed by atoms with Gasteiger partial charge >= 0.3 is 6.03 Å². The highest BCUT2D eigenvalue weighted by Gasteiger charge is 2.25. The Morgan fingerprint density at radius 3 is 2.37 bits per heavy atom. The molecule has 1 rings (SSSR count). The fourth-order valence-electron chi connectivity index (χ4n) is 1.35. The van der Waals surface area contributed by atoms with E-state index in [2.05, 4.69) is 5.32 Å². The number of carbonyl (C=O) groups excluding carboxylic acids is 1. The van der Waals surface area contributed by atoms with Crippen molar-refractivity contribution in [3.05, 3.63) is 24.0 Å². The number of carbonyl (C=O) groups is 1. The summed E-state index contributed by atoms with van der Waals surface area (Å²) in [5.41, 5.74) is 4.53. The van der Waals surface area contributed by atoms with E-state index < -0.39 is 32.3 Å². The van der Waals surface area contributed by atoms with E-state index in [1.54, 1.807) is 25.5 Å². The second-order valence-corrected chi connectivity index (χ2v) is 6.59. The minimum atomic E-state index is -4.36. The van der Waals surface area contributed by atoms with Crippen LogP contribution in [0.15, 0.2) is 23.1 Å². The van der Waals surface area contributed by atoms with Gasteiger partial charge in [-0.3, -0.25) is 0 Å². The molecule has 0 saturated heterocycles. The molecule has 0 saturated carbocycles. The van der Waals surface area contributed by atoms with Crippen LogP contribution in [-0.4, -0.2) is 20.0 Å². The normalized spacial score (nSPS) is 12.0. The highest BCUT2D eigenvalue weighted by molar-refractivity contribution is 7.90. The number of benzene rings is 1. The maximum absolute atomic E-state index is 13.5. The molecule has 0 aliphatic heterocycles. The van der Waals surface area contributed by atoms with Crippen molar-refractivity contribution in [1.82, 2.24) is 10.0 Å². The fourth-order valence-corrected chi connectivity index (χ4v) is 2.45. The molecule has 0 spiro atoms. The molecule has 0 atom stereocenters. The fraction of sp³-hybridized carbons (Fsp3) is 0.364. The van der Waals surface area contributed by atoms with Crippen molar-refractivity contribution in [2.75, 3.05) is 5.73 Å². The molecule has 1 aromatic rings. The molecule has 8 heteroatoms. The highest BCUT2D eigenvalue weighted by atomic mass is 32.2. The van der Waals surface area contributed by atoms with Crippen molar-refractivity contribution in [2.24, 2.45) is 0 Å². The van der Waals surface area contributed by atoms with Gasteiger partial charge in [0.2, 0.25) is 0 Å². The zero-order valence-electron chi connectivity index (χ0n) is 10.8. The van der Waals surface area contributed by atoms with E-state index in [0.717, 1.165) is 6.07 Å². The molecule has 0 heterocycles. The van der Waals surface area contributed by atoms with Gasteiger partial charge < -0.3 is 11.1 Å². The van der Waals surface area contributed by atoms with Gasteiger partial charge in [-0.25, -0.2) is 22.3 Å². The molecule has 0 bridgehead atoms. The topological polar surface area (TPSA) is 101 Å². The standard InChI is InChI=1S/C11H16FN3O3S/c1-11(2,3)14-10(16)15-19(17,18)9-7(12)5-4-6-8(9)13/h4-6H,13H2,1-3H3,(H2,14,15,16). The largest absolute Gasteiger partial charge is 0.398 e.